The minimum Gasteiger partial charge on any atom is -0.490 e. The molecule has 2 unspecified atom stereocenters. The highest BCUT2D eigenvalue weighted by Gasteiger charge is 2.63. The molecule has 1 fully saturated rings. The van der Waals surface area contributed by atoms with Crippen LogP contribution in [0.2, 0.25) is 5.02 Å². The van der Waals surface area contributed by atoms with Gasteiger partial charge in [-0.1, -0.05) is 37.6 Å². The third-order valence-corrected chi connectivity index (χ3v) is 5.39. The number of nitrogens with two attached hydrogens (primary N) is 1. The van der Waals surface area contributed by atoms with E-state index in [1.165, 1.54) is 0 Å². The molecule has 5 nitrogen and oxygen atoms in total. The lowest BCUT2D eigenvalue weighted by Gasteiger charge is -2.58. The highest BCUT2D eigenvalue weighted by molar-refractivity contribution is 6.32. The number of nitrogens with zero attached hydrogens (tertiary/aromatic N) is 1. The number of likely N-dealkylation sites (N-methyl/N-ethyl adjacent to an activating group) is 1. The first-order valence-corrected chi connectivity index (χ1v) is 8.65. The topological polar surface area (TPSA) is 64.8 Å². The number of hydrogen-bond acceptors (Lipinski definition) is 4. The van der Waals surface area contributed by atoms with Crippen LogP contribution in [0.5, 0.6) is 5.75 Å². The Balaban J connectivity index is 0.00000312. The number of carbonyl (C=O) groups is 1. The maximum Gasteiger partial charge on any atom is 0.243 e. The highest BCUT2D eigenvalue weighted by Crippen LogP contribution is 2.50. The van der Waals surface area contributed by atoms with Crippen LogP contribution < -0.4 is 10.5 Å². The van der Waals surface area contributed by atoms with Crippen LogP contribution in [0.25, 0.3) is 0 Å². The van der Waals surface area contributed by atoms with Gasteiger partial charge in [-0.05, 0) is 19.1 Å². The number of hydrogen-bond donors (Lipinski definition) is 1. The average Bonchev–Trinajstić information content (AvgIpc) is 2.55. The molecule has 0 radical (unpaired) electrons. The van der Waals surface area contributed by atoms with Gasteiger partial charge in [0.2, 0.25) is 5.91 Å². The van der Waals surface area contributed by atoms with Crippen molar-refractivity contribution >= 4 is 29.9 Å². The van der Waals surface area contributed by atoms with Gasteiger partial charge in [-0.3, -0.25) is 4.79 Å². The van der Waals surface area contributed by atoms with E-state index >= 15 is 0 Å². The fourth-order valence-electron chi connectivity index (χ4n) is 3.09. The van der Waals surface area contributed by atoms with Crippen molar-refractivity contribution in [2.24, 2.45) is 11.1 Å². The van der Waals surface area contributed by atoms with E-state index in [-0.39, 0.29) is 24.4 Å². The fourth-order valence-corrected chi connectivity index (χ4v) is 3.28. The van der Waals surface area contributed by atoms with Gasteiger partial charge in [0.1, 0.15) is 17.9 Å². The summed E-state index contributed by atoms with van der Waals surface area (Å²) < 4.78 is 11.3. The number of carbonyl (C=O) groups excluding carboxylic acids is 1. The first kappa shape index (κ1) is 22.0. The van der Waals surface area contributed by atoms with E-state index in [0.717, 1.165) is 0 Å². The van der Waals surface area contributed by atoms with Gasteiger partial charge in [-0.15, -0.1) is 12.4 Å². The minimum absolute atomic E-state index is 0. The second kappa shape index (κ2) is 8.58. The molecular weight excluding hydrogens is 363 g/mol. The molecule has 1 saturated carbocycles. The summed E-state index contributed by atoms with van der Waals surface area (Å²) in [6.45, 7) is 7.36. The maximum absolute atomic E-state index is 12.8. The zero-order valence-corrected chi connectivity index (χ0v) is 16.8. The summed E-state index contributed by atoms with van der Waals surface area (Å²) in [7, 11) is 1.75. The minimum atomic E-state index is -0.897. The van der Waals surface area contributed by atoms with E-state index < -0.39 is 11.0 Å². The molecule has 2 N–H and O–H groups in total. The summed E-state index contributed by atoms with van der Waals surface area (Å²) in [6.07, 6.45) is 0.562. The Morgan fingerprint density at radius 3 is 2.60 bits per heavy atom. The maximum atomic E-state index is 12.8. The number of benzene rings is 1. The smallest absolute Gasteiger partial charge is 0.243 e. The fraction of sp³-hybridized carbons (Fsp3) is 0.611. The average molecular weight is 391 g/mol. The zero-order chi connectivity index (χ0) is 18.0. The van der Waals surface area contributed by atoms with Crippen molar-refractivity contribution in [1.29, 1.82) is 0 Å². The van der Waals surface area contributed by atoms with Crippen LogP contribution in [0.4, 0.5) is 0 Å². The van der Waals surface area contributed by atoms with Crippen LogP contribution in [0.1, 0.15) is 27.2 Å². The van der Waals surface area contributed by atoms with Gasteiger partial charge in [-0.2, -0.15) is 0 Å². The summed E-state index contributed by atoms with van der Waals surface area (Å²) in [6, 6.07) is 7.27. The molecule has 1 aliphatic rings. The van der Waals surface area contributed by atoms with Gasteiger partial charge in [0, 0.05) is 25.5 Å². The van der Waals surface area contributed by atoms with E-state index in [4.69, 9.17) is 26.8 Å². The lowest BCUT2D eigenvalue weighted by atomic mass is 9.54. The molecule has 0 aliphatic heterocycles. The van der Waals surface area contributed by atoms with Crippen molar-refractivity contribution in [2.75, 3.05) is 26.8 Å². The molecule has 142 valence electrons. The molecule has 2 atom stereocenters. The summed E-state index contributed by atoms with van der Waals surface area (Å²) >= 11 is 6.05. The normalized spacial score (nSPS) is 24.0. The lowest BCUT2D eigenvalue weighted by Crippen LogP contribution is -2.75. The Morgan fingerprint density at radius 1 is 1.40 bits per heavy atom. The third kappa shape index (κ3) is 4.22. The van der Waals surface area contributed by atoms with Crippen molar-refractivity contribution in [3.05, 3.63) is 29.3 Å². The Kier molecular flexibility index (Phi) is 7.56. The van der Waals surface area contributed by atoms with Gasteiger partial charge in [-0.25, -0.2) is 0 Å². The molecule has 0 aromatic heterocycles. The number of halogens is 2. The lowest BCUT2D eigenvalue weighted by molar-refractivity contribution is -0.178. The van der Waals surface area contributed by atoms with Gasteiger partial charge in [0.25, 0.3) is 0 Å². The van der Waals surface area contributed by atoms with Gasteiger partial charge < -0.3 is 20.1 Å². The van der Waals surface area contributed by atoms with E-state index in [1.54, 1.807) is 24.1 Å². The number of para-hydroxylation sites is 1. The van der Waals surface area contributed by atoms with Crippen molar-refractivity contribution < 1.29 is 14.3 Å². The van der Waals surface area contributed by atoms with Crippen LogP contribution in [0.15, 0.2) is 24.3 Å². The number of rotatable bonds is 7. The summed E-state index contributed by atoms with van der Waals surface area (Å²) in [5.41, 5.74) is 5.13. The molecule has 0 saturated heterocycles. The van der Waals surface area contributed by atoms with Crippen molar-refractivity contribution in [2.45, 2.75) is 38.8 Å². The first-order chi connectivity index (χ1) is 11.2. The van der Waals surface area contributed by atoms with Crippen molar-refractivity contribution in [3.8, 4) is 5.75 Å². The van der Waals surface area contributed by atoms with Crippen LogP contribution in [0.3, 0.4) is 0 Å². The molecule has 1 aliphatic carbocycles. The zero-order valence-electron chi connectivity index (χ0n) is 15.3. The molecule has 7 heteroatoms. The van der Waals surface area contributed by atoms with Crippen LogP contribution in [-0.2, 0) is 9.53 Å². The Morgan fingerprint density at radius 2 is 2.04 bits per heavy atom. The molecule has 1 amide bonds. The van der Waals surface area contributed by atoms with E-state index in [1.807, 2.05) is 32.9 Å². The number of amides is 1. The van der Waals surface area contributed by atoms with Crippen molar-refractivity contribution in [3.63, 3.8) is 0 Å². The van der Waals surface area contributed by atoms with E-state index in [0.29, 0.717) is 37.0 Å². The molecule has 2 rings (SSSR count). The standard InChI is InChI=1S/C18H27ClN2O3.ClH/c1-5-23-15-12-18(20,17(15,2)3)16(22)21(4)10-11-24-14-9-7-6-8-13(14)19;/h6-9,15H,5,10-12,20H2,1-4H3;1H. The third-order valence-electron chi connectivity index (χ3n) is 5.08. The second-order valence-corrected chi connectivity index (χ2v) is 7.25. The van der Waals surface area contributed by atoms with Gasteiger partial charge in [0.15, 0.2) is 0 Å². The molecule has 0 spiro atoms. The summed E-state index contributed by atoms with van der Waals surface area (Å²) in [5, 5.41) is 0.557. The molecular formula is C18H28Cl2N2O3. The van der Waals surface area contributed by atoms with E-state index in [2.05, 4.69) is 0 Å². The van der Waals surface area contributed by atoms with Crippen LogP contribution in [-0.4, -0.2) is 49.3 Å². The van der Waals surface area contributed by atoms with Crippen LogP contribution in [0, 0.1) is 5.41 Å². The SMILES string of the molecule is CCOC1CC(N)(C(=O)N(C)CCOc2ccccc2Cl)C1(C)C.Cl. The molecule has 0 bridgehead atoms. The highest BCUT2D eigenvalue weighted by atomic mass is 35.5. The monoisotopic (exact) mass is 390 g/mol. The van der Waals surface area contributed by atoms with Crippen LogP contribution >= 0.6 is 24.0 Å². The second-order valence-electron chi connectivity index (χ2n) is 6.85. The molecule has 25 heavy (non-hydrogen) atoms. The van der Waals surface area contributed by atoms with Crippen molar-refractivity contribution in [1.82, 2.24) is 4.90 Å². The van der Waals surface area contributed by atoms with E-state index in [9.17, 15) is 4.79 Å². The Labute approximate surface area is 161 Å². The molecule has 1 aromatic carbocycles. The van der Waals surface area contributed by atoms with Gasteiger partial charge >= 0.3 is 0 Å². The summed E-state index contributed by atoms with van der Waals surface area (Å²) in [5.74, 6) is 0.536. The first-order valence-electron chi connectivity index (χ1n) is 8.27. The quantitative estimate of drug-likeness (QED) is 0.776. The Hall–Kier alpha value is -1.01. The van der Waals surface area contributed by atoms with Gasteiger partial charge in [0.05, 0.1) is 17.7 Å². The summed E-state index contributed by atoms with van der Waals surface area (Å²) in [4.78, 5) is 14.4. The molecule has 1 aromatic rings. The largest absolute Gasteiger partial charge is 0.490 e. The number of ether oxygens (including phenoxy) is 2. The molecule has 0 heterocycles. The Bertz CT molecular complexity index is 597. The predicted octanol–water partition coefficient (Wildman–Crippen LogP) is 3.13. The predicted molar refractivity (Wildman–Crippen MR) is 103 cm³/mol.